The van der Waals surface area contributed by atoms with E-state index < -0.39 is 0 Å². The Balaban J connectivity index is 1.59. The summed E-state index contributed by atoms with van der Waals surface area (Å²) in [6, 6.07) is 33.3. The SMILES string of the molecule is Cc1ccc(-c2ccc3c(c2)c2cc(C4=CCC(C)(C)C=C4)ccc2n3-c2ccccc2)cc1. The predicted octanol–water partition coefficient (Wildman–Crippen LogP) is 9.13. The molecule has 1 aliphatic carbocycles. The molecule has 1 heterocycles. The maximum atomic E-state index is 2.39. The quantitative estimate of drug-likeness (QED) is 0.264. The summed E-state index contributed by atoms with van der Waals surface area (Å²) in [6.45, 7) is 6.72. The summed E-state index contributed by atoms with van der Waals surface area (Å²) in [7, 11) is 0. The summed E-state index contributed by atoms with van der Waals surface area (Å²) in [5.74, 6) is 0. The molecule has 34 heavy (non-hydrogen) atoms. The molecule has 166 valence electrons. The van der Waals surface area contributed by atoms with Gasteiger partial charge in [0.25, 0.3) is 0 Å². The topological polar surface area (TPSA) is 4.93 Å². The van der Waals surface area contributed by atoms with Gasteiger partial charge < -0.3 is 4.57 Å². The van der Waals surface area contributed by atoms with E-state index in [0.29, 0.717) is 0 Å². The third-order valence-electron chi connectivity index (χ3n) is 7.06. The van der Waals surface area contributed by atoms with Gasteiger partial charge in [0.1, 0.15) is 0 Å². The number of rotatable bonds is 3. The molecule has 0 unspecified atom stereocenters. The fourth-order valence-corrected chi connectivity index (χ4v) is 5.02. The van der Waals surface area contributed by atoms with Crippen LogP contribution in [0.2, 0.25) is 0 Å². The van der Waals surface area contributed by atoms with Crippen LogP contribution in [0.1, 0.15) is 31.4 Å². The Morgan fingerprint density at radius 3 is 1.94 bits per heavy atom. The largest absolute Gasteiger partial charge is 0.309 e. The molecule has 0 atom stereocenters. The lowest BCUT2D eigenvalue weighted by Gasteiger charge is -2.22. The van der Waals surface area contributed by atoms with Gasteiger partial charge in [-0.1, -0.05) is 92.2 Å². The van der Waals surface area contributed by atoms with Gasteiger partial charge in [0.05, 0.1) is 11.0 Å². The number of hydrogen-bond acceptors (Lipinski definition) is 0. The van der Waals surface area contributed by atoms with Crippen molar-refractivity contribution in [3.8, 4) is 16.8 Å². The van der Waals surface area contributed by atoms with Gasteiger partial charge in [-0.05, 0) is 77.4 Å². The number of fused-ring (bicyclic) bond motifs is 3. The third kappa shape index (κ3) is 3.58. The van der Waals surface area contributed by atoms with Gasteiger partial charge in [0.15, 0.2) is 0 Å². The number of nitrogens with zero attached hydrogens (tertiary/aromatic N) is 1. The monoisotopic (exact) mass is 439 g/mol. The number of aromatic nitrogens is 1. The van der Waals surface area contributed by atoms with Crippen LogP contribution in [0.15, 0.2) is 109 Å². The molecule has 0 aliphatic heterocycles. The molecule has 4 aromatic carbocycles. The van der Waals surface area contributed by atoms with Crippen LogP contribution in [-0.2, 0) is 0 Å². The summed E-state index contributed by atoms with van der Waals surface area (Å²) in [5.41, 5.74) is 10.3. The molecule has 0 radical (unpaired) electrons. The maximum Gasteiger partial charge on any atom is 0.0541 e. The molecule has 0 bridgehead atoms. The lowest BCUT2D eigenvalue weighted by atomic mass is 9.82. The van der Waals surface area contributed by atoms with Crippen LogP contribution in [0.4, 0.5) is 0 Å². The van der Waals surface area contributed by atoms with Gasteiger partial charge in [-0.15, -0.1) is 0 Å². The minimum atomic E-state index is 0.236. The van der Waals surface area contributed by atoms with Crippen molar-refractivity contribution in [2.75, 3.05) is 0 Å². The van der Waals surface area contributed by atoms with Crippen molar-refractivity contribution in [1.82, 2.24) is 4.57 Å². The summed E-state index contributed by atoms with van der Waals surface area (Å²) < 4.78 is 2.39. The minimum absolute atomic E-state index is 0.236. The molecule has 1 aliphatic rings. The highest BCUT2D eigenvalue weighted by Crippen LogP contribution is 2.38. The second-order valence-corrected chi connectivity index (χ2v) is 10.2. The number of benzene rings is 4. The van der Waals surface area contributed by atoms with Gasteiger partial charge >= 0.3 is 0 Å². The molecular formula is C33H29N. The lowest BCUT2D eigenvalue weighted by Crippen LogP contribution is -2.08. The predicted molar refractivity (Wildman–Crippen MR) is 146 cm³/mol. The van der Waals surface area contributed by atoms with Crippen LogP contribution in [0.25, 0.3) is 44.2 Å². The summed E-state index contributed by atoms with van der Waals surface area (Å²) in [6.07, 6.45) is 8.09. The number of hydrogen-bond donors (Lipinski definition) is 0. The van der Waals surface area contributed by atoms with E-state index in [-0.39, 0.29) is 5.41 Å². The zero-order valence-corrected chi connectivity index (χ0v) is 20.0. The van der Waals surface area contributed by atoms with E-state index in [1.807, 2.05) is 0 Å². The molecule has 5 aromatic rings. The first-order valence-corrected chi connectivity index (χ1v) is 12.1. The molecule has 1 nitrogen and oxygen atoms in total. The standard InChI is InChI=1S/C33H29N/c1-23-9-11-24(12-10-23)26-13-15-31-29(21-26)30-22-27(25-17-19-33(2,3)20-18-25)14-16-32(30)34(31)28-7-5-4-6-8-28/h4-19,21-22H,20H2,1-3H3. The van der Waals surface area contributed by atoms with Gasteiger partial charge in [-0.2, -0.15) is 0 Å². The van der Waals surface area contributed by atoms with Crippen molar-refractivity contribution in [1.29, 1.82) is 0 Å². The molecule has 6 rings (SSSR count). The lowest BCUT2D eigenvalue weighted by molar-refractivity contribution is 0.485. The Hall–Kier alpha value is -3.84. The maximum absolute atomic E-state index is 2.39. The van der Waals surface area contributed by atoms with Crippen molar-refractivity contribution >= 4 is 27.4 Å². The van der Waals surface area contributed by atoms with Crippen LogP contribution in [0, 0.1) is 12.3 Å². The molecule has 1 aromatic heterocycles. The van der Waals surface area contributed by atoms with Crippen molar-refractivity contribution in [3.05, 3.63) is 120 Å². The Kier molecular flexibility index (Phi) is 4.81. The van der Waals surface area contributed by atoms with Crippen molar-refractivity contribution in [2.45, 2.75) is 27.2 Å². The summed E-state index contributed by atoms with van der Waals surface area (Å²) in [5, 5.41) is 2.59. The molecule has 1 heteroatoms. The Morgan fingerprint density at radius 2 is 1.29 bits per heavy atom. The minimum Gasteiger partial charge on any atom is -0.309 e. The Bertz CT molecular complexity index is 1580. The van der Waals surface area contributed by atoms with Gasteiger partial charge in [0, 0.05) is 16.5 Å². The number of aryl methyl sites for hydroxylation is 1. The fourth-order valence-electron chi connectivity index (χ4n) is 5.02. The average Bonchev–Trinajstić information content (AvgIpc) is 3.18. The first-order chi connectivity index (χ1) is 16.5. The highest BCUT2D eigenvalue weighted by Gasteiger charge is 2.18. The molecular weight excluding hydrogens is 410 g/mol. The molecule has 0 fully saturated rings. The molecule has 0 amide bonds. The van der Waals surface area contributed by atoms with Crippen LogP contribution in [0.3, 0.4) is 0 Å². The van der Waals surface area contributed by atoms with E-state index in [9.17, 15) is 0 Å². The average molecular weight is 440 g/mol. The van der Waals surface area contributed by atoms with Gasteiger partial charge in [-0.25, -0.2) is 0 Å². The fraction of sp³-hybridized carbons (Fsp3) is 0.152. The Labute approximate surface area is 201 Å². The van der Waals surface area contributed by atoms with E-state index in [2.05, 4.69) is 135 Å². The van der Waals surface area contributed by atoms with E-state index >= 15 is 0 Å². The van der Waals surface area contributed by atoms with Gasteiger partial charge in [0.2, 0.25) is 0 Å². The van der Waals surface area contributed by atoms with E-state index in [1.165, 1.54) is 55.3 Å². The Morgan fingerprint density at radius 1 is 0.676 bits per heavy atom. The van der Waals surface area contributed by atoms with Crippen molar-refractivity contribution < 1.29 is 0 Å². The first-order valence-electron chi connectivity index (χ1n) is 12.1. The highest BCUT2D eigenvalue weighted by atomic mass is 15.0. The van der Waals surface area contributed by atoms with Crippen LogP contribution in [-0.4, -0.2) is 4.57 Å². The number of para-hydroxylation sites is 1. The smallest absolute Gasteiger partial charge is 0.0541 e. The van der Waals surface area contributed by atoms with E-state index in [0.717, 1.165) is 6.42 Å². The normalized spacial score (nSPS) is 15.1. The van der Waals surface area contributed by atoms with E-state index in [4.69, 9.17) is 0 Å². The number of allylic oxidation sites excluding steroid dienone is 4. The summed E-state index contributed by atoms with van der Waals surface area (Å²) in [4.78, 5) is 0. The zero-order chi connectivity index (χ0) is 23.3. The highest BCUT2D eigenvalue weighted by molar-refractivity contribution is 6.11. The van der Waals surface area contributed by atoms with Crippen LogP contribution < -0.4 is 0 Å². The zero-order valence-electron chi connectivity index (χ0n) is 20.0. The molecule has 0 spiro atoms. The van der Waals surface area contributed by atoms with Gasteiger partial charge in [-0.3, -0.25) is 0 Å². The molecule has 0 saturated carbocycles. The summed E-state index contributed by atoms with van der Waals surface area (Å²) >= 11 is 0. The van der Waals surface area contributed by atoms with Crippen LogP contribution >= 0.6 is 0 Å². The first kappa shape index (κ1) is 20.7. The van der Waals surface area contributed by atoms with Crippen LogP contribution in [0.5, 0.6) is 0 Å². The van der Waals surface area contributed by atoms with Crippen molar-refractivity contribution in [2.24, 2.45) is 5.41 Å². The molecule has 0 saturated heterocycles. The molecule has 0 N–H and O–H groups in total. The van der Waals surface area contributed by atoms with Crippen molar-refractivity contribution in [3.63, 3.8) is 0 Å². The second kappa shape index (κ2) is 7.88. The van der Waals surface area contributed by atoms with E-state index in [1.54, 1.807) is 0 Å². The third-order valence-corrected chi connectivity index (χ3v) is 7.06. The second-order valence-electron chi connectivity index (χ2n) is 10.2.